The summed E-state index contributed by atoms with van der Waals surface area (Å²) in [6.45, 7) is 5.29. The van der Waals surface area contributed by atoms with E-state index in [4.69, 9.17) is 0 Å². The minimum Gasteiger partial charge on any atom is -0.354 e. The molecule has 0 bridgehead atoms. The Kier molecular flexibility index (Phi) is 5.34. The Morgan fingerprint density at radius 3 is 2.57 bits per heavy atom. The molecule has 3 aromatic heterocycles. The van der Waals surface area contributed by atoms with Gasteiger partial charge >= 0.3 is 0 Å². The molecule has 0 unspecified atom stereocenters. The molecule has 1 aliphatic heterocycles. The summed E-state index contributed by atoms with van der Waals surface area (Å²) in [7, 11) is 0. The molecule has 2 amide bonds. The lowest BCUT2D eigenvalue weighted by molar-refractivity contribution is -0.129. The molecule has 146 valence electrons. The van der Waals surface area contributed by atoms with Gasteiger partial charge in [-0.1, -0.05) is 6.07 Å². The standard InChI is InChI=1S/C21H24N4O2S/c1-16(26)23-10-12-24(13-11-23)20-7-6-18-5-4-17(15-25(18)20)21(27)22-9-8-19-3-2-14-28-19/h2-7,14-15H,8-13H2,1H3,(H,22,27). The van der Waals surface area contributed by atoms with E-state index in [1.54, 1.807) is 18.3 Å². The zero-order valence-electron chi connectivity index (χ0n) is 15.9. The van der Waals surface area contributed by atoms with Crippen LogP contribution in [0.1, 0.15) is 22.2 Å². The highest BCUT2D eigenvalue weighted by molar-refractivity contribution is 7.09. The number of anilines is 1. The number of pyridine rings is 1. The first-order valence-corrected chi connectivity index (χ1v) is 10.4. The van der Waals surface area contributed by atoms with Crippen molar-refractivity contribution in [1.29, 1.82) is 0 Å². The van der Waals surface area contributed by atoms with Crippen LogP contribution in [0, 0.1) is 0 Å². The minimum absolute atomic E-state index is 0.0560. The van der Waals surface area contributed by atoms with Crippen molar-refractivity contribution >= 4 is 34.5 Å². The van der Waals surface area contributed by atoms with E-state index in [1.165, 1.54) is 4.88 Å². The van der Waals surface area contributed by atoms with Crippen LogP contribution >= 0.6 is 11.3 Å². The van der Waals surface area contributed by atoms with Crippen molar-refractivity contribution in [3.63, 3.8) is 0 Å². The van der Waals surface area contributed by atoms with Gasteiger partial charge in [0.25, 0.3) is 5.91 Å². The van der Waals surface area contributed by atoms with Crippen LogP contribution in [0.4, 0.5) is 5.82 Å². The van der Waals surface area contributed by atoms with Crippen LogP contribution < -0.4 is 10.2 Å². The summed E-state index contributed by atoms with van der Waals surface area (Å²) in [5.74, 6) is 1.13. The van der Waals surface area contributed by atoms with Crippen LogP contribution in [0.2, 0.25) is 0 Å². The largest absolute Gasteiger partial charge is 0.354 e. The number of fused-ring (bicyclic) bond motifs is 1. The first-order chi connectivity index (χ1) is 13.6. The van der Waals surface area contributed by atoms with Gasteiger partial charge < -0.3 is 19.5 Å². The van der Waals surface area contributed by atoms with Crippen molar-refractivity contribution in [2.24, 2.45) is 0 Å². The van der Waals surface area contributed by atoms with E-state index in [0.717, 1.165) is 43.9 Å². The molecule has 4 rings (SSSR count). The highest BCUT2D eigenvalue weighted by Gasteiger charge is 2.20. The van der Waals surface area contributed by atoms with Crippen molar-refractivity contribution in [1.82, 2.24) is 14.6 Å². The zero-order chi connectivity index (χ0) is 19.5. The van der Waals surface area contributed by atoms with Gasteiger partial charge in [0.05, 0.1) is 5.56 Å². The number of rotatable bonds is 5. The van der Waals surface area contributed by atoms with E-state index in [-0.39, 0.29) is 11.8 Å². The summed E-state index contributed by atoms with van der Waals surface area (Å²) in [4.78, 5) is 29.5. The third-order valence-electron chi connectivity index (χ3n) is 5.18. The predicted octanol–water partition coefficient (Wildman–Crippen LogP) is 2.64. The second-order valence-electron chi connectivity index (χ2n) is 6.98. The van der Waals surface area contributed by atoms with Crippen molar-refractivity contribution in [2.75, 3.05) is 37.6 Å². The summed E-state index contributed by atoms with van der Waals surface area (Å²) in [5, 5.41) is 5.06. The number of hydrogen-bond donors (Lipinski definition) is 1. The molecular formula is C21H24N4O2S. The fourth-order valence-electron chi connectivity index (χ4n) is 3.59. The van der Waals surface area contributed by atoms with Crippen molar-refractivity contribution < 1.29 is 9.59 Å². The summed E-state index contributed by atoms with van der Waals surface area (Å²) < 4.78 is 2.07. The number of aromatic nitrogens is 1. The van der Waals surface area contributed by atoms with E-state index in [1.807, 2.05) is 29.3 Å². The van der Waals surface area contributed by atoms with Crippen LogP contribution in [-0.4, -0.2) is 53.8 Å². The summed E-state index contributed by atoms with van der Waals surface area (Å²) in [6.07, 6.45) is 2.75. The summed E-state index contributed by atoms with van der Waals surface area (Å²) in [6, 6.07) is 12.1. The Bertz CT molecular complexity index is 972. The third kappa shape index (κ3) is 3.89. The van der Waals surface area contributed by atoms with Crippen molar-refractivity contribution in [3.8, 4) is 0 Å². The fraction of sp³-hybridized carbons (Fsp3) is 0.333. The van der Waals surface area contributed by atoms with Crippen molar-refractivity contribution in [3.05, 3.63) is 58.4 Å². The molecule has 1 N–H and O–H groups in total. The quantitative estimate of drug-likeness (QED) is 0.721. The molecule has 4 heterocycles. The molecule has 28 heavy (non-hydrogen) atoms. The summed E-state index contributed by atoms with van der Waals surface area (Å²) >= 11 is 1.71. The topological polar surface area (TPSA) is 57.1 Å². The lowest BCUT2D eigenvalue weighted by Gasteiger charge is -2.35. The van der Waals surface area contributed by atoms with Gasteiger partial charge in [0, 0.05) is 56.2 Å². The molecule has 1 aliphatic rings. The van der Waals surface area contributed by atoms with Gasteiger partial charge in [-0.05, 0) is 42.1 Å². The number of piperazine rings is 1. The minimum atomic E-state index is -0.0560. The Balaban J connectivity index is 1.45. The SMILES string of the molecule is CC(=O)N1CCN(c2ccc3ccc(C(=O)NCCc4cccs4)cn23)CC1. The Morgan fingerprint density at radius 2 is 1.86 bits per heavy atom. The van der Waals surface area contributed by atoms with Crippen LogP contribution in [0.5, 0.6) is 0 Å². The number of carbonyl (C=O) groups is 2. The number of thiophene rings is 1. The Labute approximate surface area is 168 Å². The number of nitrogens with zero attached hydrogens (tertiary/aromatic N) is 3. The maximum atomic E-state index is 12.6. The van der Waals surface area contributed by atoms with E-state index in [9.17, 15) is 9.59 Å². The summed E-state index contributed by atoms with van der Waals surface area (Å²) in [5.41, 5.74) is 1.71. The van der Waals surface area contributed by atoms with E-state index < -0.39 is 0 Å². The van der Waals surface area contributed by atoms with Gasteiger partial charge in [-0.2, -0.15) is 0 Å². The van der Waals surface area contributed by atoms with Crippen LogP contribution in [-0.2, 0) is 11.2 Å². The average Bonchev–Trinajstić information content (AvgIpc) is 3.37. The molecule has 7 heteroatoms. The Hall–Kier alpha value is -2.80. The Morgan fingerprint density at radius 1 is 1.07 bits per heavy atom. The smallest absolute Gasteiger partial charge is 0.252 e. The maximum absolute atomic E-state index is 12.6. The van der Waals surface area contributed by atoms with Crippen LogP contribution in [0.3, 0.4) is 0 Å². The number of hydrogen-bond acceptors (Lipinski definition) is 4. The van der Waals surface area contributed by atoms with Crippen molar-refractivity contribution in [2.45, 2.75) is 13.3 Å². The molecular weight excluding hydrogens is 372 g/mol. The van der Waals surface area contributed by atoms with Gasteiger partial charge in [-0.25, -0.2) is 0 Å². The molecule has 0 saturated carbocycles. The third-order valence-corrected chi connectivity index (χ3v) is 6.11. The molecule has 0 radical (unpaired) electrons. The average molecular weight is 397 g/mol. The first-order valence-electron chi connectivity index (χ1n) is 9.54. The molecule has 0 aromatic carbocycles. The van der Waals surface area contributed by atoms with Crippen LogP contribution in [0.15, 0.2) is 48.0 Å². The second-order valence-corrected chi connectivity index (χ2v) is 8.01. The number of carbonyl (C=O) groups excluding carboxylic acids is 2. The van der Waals surface area contributed by atoms with Gasteiger partial charge in [-0.3, -0.25) is 9.59 Å². The normalized spacial score (nSPS) is 14.5. The van der Waals surface area contributed by atoms with E-state index in [2.05, 4.69) is 38.2 Å². The fourth-order valence-corrected chi connectivity index (χ4v) is 4.29. The van der Waals surface area contributed by atoms with Crippen LogP contribution in [0.25, 0.3) is 5.52 Å². The lowest BCUT2D eigenvalue weighted by atomic mass is 10.2. The molecule has 1 saturated heterocycles. The van der Waals surface area contributed by atoms with Gasteiger partial charge in [0.2, 0.25) is 5.91 Å². The highest BCUT2D eigenvalue weighted by atomic mass is 32.1. The number of nitrogens with one attached hydrogen (secondary N) is 1. The number of amides is 2. The van der Waals surface area contributed by atoms with Gasteiger partial charge in [0.15, 0.2) is 0 Å². The molecule has 0 aliphatic carbocycles. The lowest BCUT2D eigenvalue weighted by Crippen LogP contribution is -2.48. The molecule has 0 spiro atoms. The maximum Gasteiger partial charge on any atom is 0.252 e. The van der Waals surface area contributed by atoms with E-state index in [0.29, 0.717) is 12.1 Å². The molecule has 6 nitrogen and oxygen atoms in total. The molecule has 3 aromatic rings. The second kappa shape index (κ2) is 8.06. The first kappa shape index (κ1) is 18.6. The predicted molar refractivity (Wildman–Crippen MR) is 112 cm³/mol. The van der Waals surface area contributed by atoms with E-state index >= 15 is 0 Å². The van der Waals surface area contributed by atoms with Gasteiger partial charge in [0.1, 0.15) is 5.82 Å². The molecule has 1 fully saturated rings. The monoisotopic (exact) mass is 396 g/mol. The molecule has 0 atom stereocenters. The van der Waals surface area contributed by atoms with Gasteiger partial charge in [-0.15, -0.1) is 11.3 Å². The highest BCUT2D eigenvalue weighted by Crippen LogP contribution is 2.22. The zero-order valence-corrected chi connectivity index (χ0v) is 16.7.